The fraction of sp³-hybridized carbons (Fsp3) is 0.462. The molecule has 0 atom stereocenters. The highest BCUT2D eigenvalue weighted by Crippen LogP contribution is 2.34. The first-order valence-corrected chi connectivity index (χ1v) is 7.32. The lowest BCUT2D eigenvalue weighted by atomic mass is 10.2. The highest BCUT2D eigenvalue weighted by molar-refractivity contribution is 14.0. The van der Waals surface area contributed by atoms with Gasteiger partial charge in [0.15, 0.2) is 5.96 Å². The molecule has 0 fully saturated rings. The first kappa shape index (κ1) is 23.3. The molecule has 0 saturated heterocycles. The minimum Gasteiger partial charge on any atom is -0.433 e. The van der Waals surface area contributed by atoms with Crippen LogP contribution < -0.4 is 15.4 Å². The molecule has 11 heteroatoms. The Hall–Kier alpha value is -0.680. The van der Waals surface area contributed by atoms with Crippen molar-refractivity contribution in [3.05, 3.63) is 27.7 Å². The summed E-state index contributed by atoms with van der Waals surface area (Å²) in [6.45, 7) is -1.61. The average molecular weight is 504 g/mol. The second kappa shape index (κ2) is 11.8. The van der Waals surface area contributed by atoms with Gasteiger partial charge in [-0.3, -0.25) is 0 Å². The quantitative estimate of drug-likeness (QED) is 0.249. The predicted molar refractivity (Wildman–Crippen MR) is 97.3 cm³/mol. The minimum atomic E-state index is -3.07. The molecular weight excluding hydrogens is 488 g/mol. The molecule has 2 N–H and O–H groups in total. The van der Waals surface area contributed by atoms with Gasteiger partial charge in [-0.15, -0.1) is 24.0 Å². The maximum atomic E-state index is 12.5. The maximum Gasteiger partial charge on any atom is 0.387 e. The molecular formula is C13H16Cl2F4IN3O. The first-order valence-electron chi connectivity index (χ1n) is 6.56. The molecule has 0 amide bonds. The number of aliphatic imine (C=N–C) groups is 1. The van der Waals surface area contributed by atoms with Gasteiger partial charge in [0.25, 0.3) is 6.43 Å². The summed E-state index contributed by atoms with van der Waals surface area (Å²) in [5.41, 5.74) is 0.206. The maximum absolute atomic E-state index is 12.5. The van der Waals surface area contributed by atoms with Crippen molar-refractivity contribution in [3.63, 3.8) is 0 Å². The fourth-order valence-corrected chi connectivity index (χ4v) is 2.21. The molecule has 0 unspecified atom stereocenters. The van der Waals surface area contributed by atoms with E-state index in [0.717, 1.165) is 0 Å². The summed E-state index contributed by atoms with van der Waals surface area (Å²) < 4.78 is 53.7. The standard InChI is InChI=1S/C13H15Cl2F4N3O.HI/c1-2-20-13(22-6-10(16)17)21-5-7-3-8(14)4-9(15)11(7)23-12(18)19;/h3-4,10,12H,2,5-6H2,1H3,(H2,20,21,22);1H. The number of nitrogens with zero attached hydrogens (tertiary/aromatic N) is 1. The van der Waals surface area contributed by atoms with Crippen molar-refractivity contribution in [2.45, 2.75) is 26.5 Å². The molecule has 0 radical (unpaired) electrons. The van der Waals surface area contributed by atoms with E-state index in [2.05, 4.69) is 20.4 Å². The number of ether oxygens (including phenoxy) is 1. The monoisotopic (exact) mass is 503 g/mol. The van der Waals surface area contributed by atoms with Crippen LogP contribution in [-0.4, -0.2) is 32.1 Å². The molecule has 4 nitrogen and oxygen atoms in total. The number of hydrogen-bond acceptors (Lipinski definition) is 2. The molecule has 1 aromatic carbocycles. The van der Waals surface area contributed by atoms with Crippen molar-refractivity contribution in [3.8, 4) is 5.75 Å². The van der Waals surface area contributed by atoms with Gasteiger partial charge in [-0.05, 0) is 19.1 Å². The second-order valence-corrected chi connectivity index (χ2v) is 5.07. The Bertz CT molecular complexity index is 550. The summed E-state index contributed by atoms with van der Waals surface area (Å²) in [7, 11) is 0. The summed E-state index contributed by atoms with van der Waals surface area (Å²) in [6.07, 6.45) is -2.56. The number of halogens is 7. The highest BCUT2D eigenvalue weighted by atomic mass is 127. The Morgan fingerprint density at radius 2 is 1.88 bits per heavy atom. The van der Waals surface area contributed by atoms with Gasteiger partial charge in [0, 0.05) is 17.1 Å². The molecule has 1 rings (SSSR count). The summed E-state index contributed by atoms with van der Waals surface area (Å²) in [6, 6.07) is 2.62. The zero-order chi connectivity index (χ0) is 17.4. The molecule has 0 aromatic heterocycles. The zero-order valence-electron chi connectivity index (χ0n) is 12.5. The van der Waals surface area contributed by atoms with Crippen molar-refractivity contribution in [1.82, 2.24) is 10.6 Å². The Morgan fingerprint density at radius 3 is 2.42 bits per heavy atom. The number of nitrogens with one attached hydrogen (secondary N) is 2. The number of hydrogen-bond donors (Lipinski definition) is 2. The van der Waals surface area contributed by atoms with Gasteiger partial charge < -0.3 is 15.4 Å². The fourth-order valence-electron chi connectivity index (χ4n) is 1.63. The van der Waals surface area contributed by atoms with Crippen LogP contribution in [0.1, 0.15) is 12.5 Å². The molecule has 0 heterocycles. The third kappa shape index (κ3) is 8.43. The molecule has 24 heavy (non-hydrogen) atoms. The van der Waals surface area contributed by atoms with Crippen LogP contribution in [0.15, 0.2) is 17.1 Å². The molecule has 0 saturated carbocycles. The Morgan fingerprint density at radius 1 is 1.21 bits per heavy atom. The van der Waals surface area contributed by atoms with Crippen molar-refractivity contribution in [2.24, 2.45) is 4.99 Å². The smallest absolute Gasteiger partial charge is 0.387 e. The van der Waals surface area contributed by atoms with Crippen molar-refractivity contribution < 1.29 is 22.3 Å². The largest absolute Gasteiger partial charge is 0.433 e. The predicted octanol–water partition coefficient (Wildman–Crippen LogP) is 4.53. The molecule has 0 aliphatic heterocycles. The molecule has 0 spiro atoms. The van der Waals surface area contributed by atoms with E-state index >= 15 is 0 Å². The van der Waals surface area contributed by atoms with Gasteiger partial charge in [0.1, 0.15) is 5.75 Å². The van der Waals surface area contributed by atoms with Crippen molar-refractivity contribution in [2.75, 3.05) is 13.1 Å². The molecule has 0 bridgehead atoms. The third-order valence-corrected chi connectivity index (χ3v) is 2.97. The van der Waals surface area contributed by atoms with Gasteiger partial charge in [-0.2, -0.15) is 8.78 Å². The second-order valence-electron chi connectivity index (χ2n) is 4.22. The Kier molecular flexibility index (Phi) is 11.5. The topological polar surface area (TPSA) is 45.7 Å². The lowest BCUT2D eigenvalue weighted by molar-refractivity contribution is -0.0503. The summed E-state index contributed by atoms with van der Waals surface area (Å²) >= 11 is 11.7. The normalized spacial score (nSPS) is 11.5. The summed E-state index contributed by atoms with van der Waals surface area (Å²) in [4.78, 5) is 4.02. The SMILES string of the molecule is CCNC(=NCc1cc(Cl)cc(Cl)c1OC(F)F)NCC(F)F.I. The average Bonchev–Trinajstić information content (AvgIpc) is 2.44. The third-order valence-electron chi connectivity index (χ3n) is 2.47. The van der Waals surface area contributed by atoms with Gasteiger partial charge in [0.2, 0.25) is 0 Å². The van der Waals surface area contributed by atoms with E-state index in [4.69, 9.17) is 23.2 Å². The number of alkyl halides is 4. The van der Waals surface area contributed by atoms with E-state index in [9.17, 15) is 17.6 Å². The van der Waals surface area contributed by atoms with E-state index in [0.29, 0.717) is 6.54 Å². The van der Waals surface area contributed by atoms with Crippen LogP contribution in [0.5, 0.6) is 5.75 Å². The van der Waals surface area contributed by atoms with Crippen LogP contribution in [0.2, 0.25) is 10.0 Å². The van der Waals surface area contributed by atoms with Gasteiger partial charge in [-0.1, -0.05) is 23.2 Å². The number of guanidine groups is 1. The van der Waals surface area contributed by atoms with Crippen molar-refractivity contribution in [1.29, 1.82) is 0 Å². The number of benzene rings is 1. The van der Waals surface area contributed by atoms with E-state index in [1.807, 2.05) is 0 Å². The summed E-state index contributed by atoms with van der Waals surface area (Å²) in [5, 5.41) is 5.29. The van der Waals surface area contributed by atoms with Crippen LogP contribution in [-0.2, 0) is 6.54 Å². The lowest BCUT2D eigenvalue weighted by Gasteiger charge is -2.14. The van der Waals surface area contributed by atoms with E-state index in [-0.39, 0.29) is 57.8 Å². The summed E-state index contributed by atoms with van der Waals surface area (Å²) in [5.74, 6) is -0.147. The molecule has 0 aliphatic carbocycles. The van der Waals surface area contributed by atoms with Crippen LogP contribution in [0.25, 0.3) is 0 Å². The Balaban J connectivity index is 0.00000529. The van der Waals surface area contributed by atoms with E-state index in [1.54, 1.807) is 6.92 Å². The zero-order valence-corrected chi connectivity index (χ0v) is 16.3. The van der Waals surface area contributed by atoms with Gasteiger partial charge in [-0.25, -0.2) is 13.8 Å². The first-order chi connectivity index (χ1) is 10.8. The van der Waals surface area contributed by atoms with Crippen LogP contribution in [0.3, 0.4) is 0 Å². The van der Waals surface area contributed by atoms with Crippen LogP contribution >= 0.6 is 47.2 Å². The van der Waals surface area contributed by atoms with Gasteiger partial charge in [0.05, 0.1) is 18.1 Å². The van der Waals surface area contributed by atoms with Crippen molar-refractivity contribution >= 4 is 53.1 Å². The Labute approximate surface area is 164 Å². The van der Waals surface area contributed by atoms with Crippen LogP contribution in [0.4, 0.5) is 17.6 Å². The molecule has 138 valence electrons. The molecule has 0 aliphatic rings. The minimum absolute atomic E-state index is 0. The van der Waals surface area contributed by atoms with Gasteiger partial charge >= 0.3 is 6.61 Å². The molecule has 1 aromatic rings. The van der Waals surface area contributed by atoms with E-state index < -0.39 is 19.6 Å². The lowest BCUT2D eigenvalue weighted by Crippen LogP contribution is -2.39. The van der Waals surface area contributed by atoms with Crippen LogP contribution in [0, 0.1) is 0 Å². The highest BCUT2D eigenvalue weighted by Gasteiger charge is 2.15. The number of rotatable bonds is 7. The van der Waals surface area contributed by atoms with E-state index in [1.165, 1.54) is 12.1 Å².